The lowest BCUT2D eigenvalue weighted by Gasteiger charge is -2.27. The molecule has 0 spiro atoms. The number of rotatable bonds is 4. The smallest absolute Gasteiger partial charge is 0.124 e. The van der Waals surface area contributed by atoms with E-state index >= 15 is 0 Å². The Morgan fingerprint density at radius 2 is 1.62 bits per heavy atom. The number of hydrogen-bond acceptors (Lipinski definition) is 3. The number of hydrogen-bond donors (Lipinski definition) is 1. The summed E-state index contributed by atoms with van der Waals surface area (Å²) in [6.45, 7) is 5.69. The third-order valence-corrected chi connectivity index (χ3v) is 4.56. The summed E-state index contributed by atoms with van der Waals surface area (Å²) < 4.78 is 15.4. The predicted octanol–water partition coefficient (Wildman–Crippen LogP) is 3.78. The van der Waals surface area contributed by atoms with Gasteiger partial charge in [-0.15, -0.1) is 34.0 Å². The molecule has 0 unspecified atom stereocenters. The molecule has 140 valence electrons. The lowest BCUT2D eigenvalue weighted by atomic mass is 10.2. The van der Waals surface area contributed by atoms with Crippen molar-refractivity contribution in [2.75, 3.05) is 26.2 Å². The van der Waals surface area contributed by atoms with Gasteiger partial charge in [-0.2, -0.15) is 0 Å². The highest BCUT2D eigenvalue weighted by molar-refractivity contribution is 8.93. The largest absolute Gasteiger partial charge is 0.322 e. The molecule has 1 saturated heterocycles. The third kappa shape index (κ3) is 4.71. The standard InChI is InChI=1S/C19H21FN4.2BrH/c20-16-7-5-15(6-8-16)13-24-18-4-2-1-3-17(18)22-19(24)14-23-11-9-21-10-12-23;;/h1-8,21H,9-14H2;2*1H. The van der Waals surface area contributed by atoms with Crippen LogP contribution in [0.25, 0.3) is 11.0 Å². The summed E-state index contributed by atoms with van der Waals surface area (Å²) in [6, 6.07) is 14.9. The van der Waals surface area contributed by atoms with Gasteiger partial charge in [0.1, 0.15) is 11.6 Å². The zero-order valence-corrected chi connectivity index (χ0v) is 17.8. The van der Waals surface area contributed by atoms with Gasteiger partial charge in [0, 0.05) is 32.7 Å². The molecule has 1 aliphatic heterocycles. The SMILES string of the molecule is Br.Br.Fc1ccc(Cn2c(CN3CCNCC3)nc3ccccc32)cc1. The fourth-order valence-corrected chi connectivity index (χ4v) is 3.26. The van der Waals surface area contributed by atoms with E-state index in [1.807, 2.05) is 24.3 Å². The van der Waals surface area contributed by atoms with Crippen molar-refractivity contribution in [2.45, 2.75) is 13.1 Å². The van der Waals surface area contributed by atoms with Crippen molar-refractivity contribution in [2.24, 2.45) is 0 Å². The second-order valence-electron chi connectivity index (χ2n) is 6.26. The first kappa shape index (κ1) is 21.0. The Labute approximate surface area is 173 Å². The lowest BCUT2D eigenvalue weighted by molar-refractivity contribution is 0.226. The van der Waals surface area contributed by atoms with Crippen LogP contribution in [0.3, 0.4) is 0 Å². The van der Waals surface area contributed by atoms with E-state index in [2.05, 4.69) is 26.9 Å². The number of nitrogens with zero attached hydrogens (tertiary/aromatic N) is 3. The van der Waals surface area contributed by atoms with Gasteiger partial charge < -0.3 is 9.88 Å². The minimum absolute atomic E-state index is 0. The molecule has 2 aromatic carbocycles. The van der Waals surface area contributed by atoms with Crippen molar-refractivity contribution >= 4 is 45.0 Å². The van der Waals surface area contributed by atoms with E-state index in [0.29, 0.717) is 6.54 Å². The predicted molar refractivity (Wildman–Crippen MR) is 114 cm³/mol. The molecule has 1 N–H and O–H groups in total. The lowest BCUT2D eigenvalue weighted by Crippen LogP contribution is -2.43. The quantitative estimate of drug-likeness (QED) is 0.610. The highest BCUT2D eigenvalue weighted by Crippen LogP contribution is 2.19. The van der Waals surface area contributed by atoms with Crippen molar-refractivity contribution in [1.82, 2.24) is 19.8 Å². The number of nitrogens with one attached hydrogen (secondary N) is 1. The normalized spacial score (nSPS) is 14.7. The number of halogens is 3. The highest BCUT2D eigenvalue weighted by atomic mass is 79.9. The van der Waals surface area contributed by atoms with Gasteiger partial charge in [-0.25, -0.2) is 9.37 Å². The Hall–Kier alpha value is -1.28. The summed E-state index contributed by atoms with van der Waals surface area (Å²) in [5, 5.41) is 3.38. The van der Waals surface area contributed by atoms with Crippen LogP contribution in [0.2, 0.25) is 0 Å². The Morgan fingerprint density at radius 3 is 2.35 bits per heavy atom. The summed E-state index contributed by atoms with van der Waals surface area (Å²) in [7, 11) is 0. The van der Waals surface area contributed by atoms with Gasteiger partial charge in [-0.3, -0.25) is 4.90 Å². The Morgan fingerprint density at radius 1 is 0.923 bits per heavy atom. The van der Waals surface area contributed by atoms with Crippen LogP contribution < -0.4 is 5.32 Å². The third-order valence-electron chi connectivity index (χ3n) is 4.56. The van der Waals surface area contributed by atoms with Crippen LogP contribution in [-0.2, 0) is 13.1 Å². The van der Waals surface area contributed by atoms with Gasteiger partial charge in [-0.05, 0) is 29.8 Å². The van der Waals surface area contributed by atoms with E-state index < -0.39 is 0 Å². The number of para-hydroxylation sites is 2. The number of piperazine rings is 1. The van der Waals surface area contributed by atoms with Crippen molar-refractivity contribution < 1.29 is 4.39 Å². The van der Waals surface area contributed by atoms with Crippen LogP contribution in [-0.4, -0.2) is 40.6 Å². The first-order chi connectivity index (χ1) is 11.8. The van der Waals surface area contributed by atoms with Crippen LogP contribution in [0, 0.1) is 5.82 Å². The topological polar surface area (TPSA) is 33.1 Å². The molecule has 0 bridgehead atoms. The Balaban J connectivity index is 0.00000121. The zero-order chi connectivity index (χ0) is 16.4. The van der Waals surface area contributed by atoms with Gasteiger partial charge in [0.2, 0.25) is 0 Å². The van der Waals surface area contributed by atoms with Crippen molar-refractivity contribution in [3.05, 3.63) is 65.7 Å². The summed E-state index contributed by atoms with van der Waals surface area (Å²) in [4.78, 5) is 7.28. The minimum Gasteiger partial charge on any atom is -0.322 e. The zero-order valence-electron chi connectivity index (χ0n) is 14.4. The first-order valence-electron chi connectivity index (χ1n) is 8.41. The molecule has 0 saturated carbocycles. The summed E-state index contributed by atoms with van der Waals surface area (Å²) in [5.41, 5.74) is 3.23. The molecular weight excluding hydrogens is 463 g/mol. The van der Waals surface area contributed by atoms with Gasteiger partial charge in [0.15, 0.2) is 0 Å². The van der Waals surface area contributed by atoms with Gasteiger partial charge in [0.05, 0.1) is 17.6 Å². The van der Waals surface area contributed by atoms with Crippen molar-refractivity contribution in [3.8, 4) is 0 Å². The fraction of sp³-hybridized carbons (Fsp3) is 0.316. The molecule has 4 nitrogen and oxygen atoms in total. The molecule has 3 aromatic rings. The number of benzene rings is 2. The second-order valence-corrected chi connectivity index (χ2v) is 6.26. The van der Waals surface area contributed by atoms with E-state index in [1.54, 1.807) is 0 Å². The average molecular weight is 486 g/mol. The Bertz CT molecular complexity index is 829. The van der Waals surface area contributed by atoms with Crippen LogP contribution in [0.1, 0.15) is 11.4 Å². The molecule has 0 amide bonds. The van der Waals surface area contributed by atoms with E-state index in [0.717, 1.165) is 55.1 Å². The number of fused-ring (bicyclic) bond motifs is 1. The average Bonchev–Trinajstić information content (AvgIpc) is 2.95. The molecular formula is C19H23Br2FN4. The maximum absolute atomic E-state index is 13.2. The maximum atomic E-state index is 13.2. The molecule has 0 radical (unpaired) electrons. The molecule has 0 atom stereocenters. The van der Waals surface area contributed by atoms with Crippen LogP contribution in [0.15, 0.2) is 48.5 Å². The van der Waals surface area contributed by atoms with Crippen LogP contribution >= 0.6 is 34.0 Å². The number of aromatic nitrogens is 2. The van der Waals surface area contributed by atoms with Crippen molar-refractivity contribution in [1.29, 1.82) is 0 Å². The molecule has 4 rings (SSSR count). The molecule has 1 aliphatic rings. The van der Waals surface area contributed by atoms with Gasteiger partial charge >= 0.3 is 0 Å². The first-order valence-corrected chi connectivity index (χ1v) is 8.41. The van der Waals surface area contributed by atoms with E-state index in [-0.39, 0.29) is 39.8 Å². The van der Waals surface area contributed by atoms with Crippen LogP contribution in [0.5, 0.6) is 0 Å². The van der Waals surface area contributed by atoms with E-state index in [1.165, 1.54) is 12.1 Å². The summed E-state index contributed by atoms with van der Waals surface area (Å²) >= 11 is 0. The molecule has 7 heteroatoms. The van der Waals surface area contributed by atoms with E-state index in [9.17, 15) is 4.39 Å². The molecule has 2 heterocycles. The summed E-state index contributed by atoms with van der Waals surface area (Å²) in [6.07, 6.45) is 0. The second kappa shape index (κ2) is 9.60. The van der Waals surface area contributed by atoms with Gasteiger partial charge in [-0.1, -0.05) is 24.3 Å². The Kier molecular flexibility index (Phi) is 7.76. The molecule has 26 heavy (non-hydrogen) atoms. The minimum atomic E-state index is -0.199. The monoisotopic (exact) mass is 484 g/mol. The molecule has 1 aromatic heterocycles. The summed E-state index contributed by atoms with van der Waals surface area (Å²) in [5.74, 6) is 0.873. The highest BCUT2D eigenvalue weighted by Gasteiger charge is 2.16. The van der Waals surface area contributed by atoms with Crippen LogP contribution in [0.4, 0.5) is 4.39 Å². The number of imidazole rings is 1. The van der Waals surface area contributed by atoms with Gasteiger partial charge in [0.25, 0.3) is 0 Å². The van der Waals surface area contributed by atoms with E-state index in [4.69, 9.17) is 4.98 Å². The molecule has 1 fully saturated rings. The molecule has 0 aliphatic carbocycles. The maximum Gasteiger partial charge on any atom is 0.124 e. The fourth-order valence-electron chi connectivity index (χ4n) is 3.26. The van der Waals surface area contributed by atoms with Crippen molar-refractivity contribution in [3.63, 3.8) is 0 Å².